The zero-order valence-electron chi connectivity index (χ0n) is 11.2. The Morgan fingerprint density at radius 2 is 1.95 bits per heavy atom. The van der Waals surface area contributed by atoms with E-state index in [0.29, 0.717) is 9.77 Å². The molecule has 2 rings (SSSR count). The molecule has 0 aliphatic heterocycles. The van der Waals surface area contributed by atoms with Crippen molar-refractivity contribution in [3.8, 4) is 0 Å². The molecule has 7 heteroatoms. The van der Waals surface area contributed by atoms with Crippen LogP contribution in [0.1, 0.15) is 14.5 Å². The fourth-order valence-electron chi connectivity index (χ4n) is 1.49. The number of hydrogen-bond acceptors (Lipinski definition) is 4. The minimum Gasteiger partial charge on any atom is -0.272 e. The van der Waals surface area contributed by atoms with Crippen LogP contribution < -0.4 is 10.9 Å². The summed E-state index contributed by atoms with van der Waals surface area (Å²) in [5.41, 5.74) is 4.63. The van der Waals surface area contributed by atoms with E-state index in [9.17, 15) is 14.0 Å². The second-order valence-electron chi connectivity index (χ2n) is 4.13. The van der Waals surface area contributed by atoms with Gasteiger partial charge >= 0.3 is 0 Å². The van der Waals surface area contributed by atoms with Gasteiger partial charge in [-0.2, -0.15) is 0 Å². The number of halogens is 1. The van der Waals surface area contributed by atoms with E-state index in [-0.39, 0.29) is 17.5 Å². The normalized spacial score (nSPS) is 10.2. The highest BCUT2D eigenvalue weighted by Crippen LogP contribution is 2.20. The number of hydrazine groups is 1. The molecule has 110 valence electrons. The van der Waals surface area contributed by atoms with Crippen molar-refractivity contribution in [2.24, 2.45) is 0 Å². The Kier molecular flexibility index (Phi) is 5.35. The zero-order valence-corrected chi connectivity index (χ0v) is 12.8. The lowest BCUT2D eigenvalue weighted by molar-refractivity contribution is -0.119. The number of hydrogen-bond donors (Lipinski definition) is 2. The van der Waals surface area contributed by atoms with Gasteiger partial charge in [-0.25, -0.2) is 4.39 Å². The molecule has 0 atom stereocenters. The summed E-state index contributed by atoms with van der Waals surface area (Å²) in [7, 11) is 0. The lowest BCUT2D eigenvalue weighted by atomic mass is 10.3. The molecule has 4 nitrogen and oxygen atoms in total. The van der Waals surface area contributed by atoms with Crippen molar-refractivity contribution in [3.05, 3.63) is 52.0 Å². The van der Waals surface area contributed by atoms with Crippen molar-refractivity contribution in [3.63, 3.8) is 0 Å². The maximum atomic E-state index is 13.4. The van der Waals surface area contributed by atoms with E-state index in [0.717, 1.165) is 16.6 Å². The number of amides is 2. The summed E-state index contributed by atoms with van der Waals surface area (Å²) in [6.07, 6.45) is 0. The Bertz CT molecular complexity index is 658. The highest BCUT2D eigenvalue weighted by molar-refractivity contribution is 8.00. The Hall–Kier alpha value is -1.86. The summed E-state index contributed by atoms with van der Waals surface area (Å²) in [6, 6.07) is 9.74. The van der Waals surface area contributed by atoms with Crippen molar-refractivity contribution in [2.75, 3.05) is 5.75 Å². The molecule has 0 fully saturated rings. The molecular formula is C14H13FN2O2S2. The maximum absolute atomic E-state index is 13.4. The first-order valence-electron chi connectivity index (χ1n) is 6.09. The molecule has 0 aliphatic carbocycles. The number of carbonyl (C=O) groups is 2. The molecular weight excluding hydrogens is 311 g/mol. The van der Waals surface area contributed by atoms with E-state index < -0.39 is 5.91 Å². The van der Waals surface area contributed by atoms with Gasteiger partial charge in [0.2, 0.25) is 5.91 Å². The smallest absolute Gasteiger partial charge is 0.272 e. The molecule has 0 unspecified atom stereocenters. The van der Waals surface area contributed by atoms with E-state index >= 15 is 0 Å². The first-order valence-corrected chi connectivity index (χ1v) is 7.89. The maximum Gasteiger partial charge on any atom is 0.279 e. The van der Waals surface area contributed by atoms with Gasteiger partial charge in [-0.3, -0.25) is 20.4 Å². The van der Waals surface area contributed by atoms with E-state index in [1.165, 1.54) is 17.4 Å². The van der Waals surface area contributed by atoms with Crippen LogP contribution in [0.5, 0.6) is 0 Å². The lowest BCUT2D eigenvalue weighted by Gasteiger charge is -2.06. The molecule has 2 N–H and O–H groups in total. The third-order valence-corrected chi connectivity index (χ3v) is 4.52. The Balaban J connectivity index is 1.78. The summed E-state index contributed by atoms with van der Waals surface area (Å²) >= 11 is 2.41. The first kappa shape index (κ1) is 15.5. The average molecular weight is 324 g/mol. The summed E-state index contributed by atoms with van der Waals surface area (Å²) in [4.78, 5) is 25.2. The van der Waals surface area contributed by atoms with Gasteiger partial charge in [0.15, 0.2) is 0 Å². The van der Waals surface area contributed by atoms with Crippen LogP contribution in [0.4, 0.5) is 4.39 Å². The van der Waals surface area contributed by atoms with Gasteiger partial charge in [-0.15, -0.1) is 23.1 Å². The number of aryl methyl sites for hydroxylation is 1. The topological polar surface area (TPSA) is 58.2 Å². The first-order chi connectivity index (χ1) is 10.1. The molecule has 1 heterocycles. The number of carbonyl (C=O) groups excluding carboxylic acids is 2. The highest BCUT2D eigenvalue weighted by Gasteiger charge is 2.10. The summed E-state index contributed by atoms with van der Waals surface area (Å²) in [5, 5.41) is 0. The van der Waals surface area contributed by atoms with Gasteiger partial charge in [-0.05, 0) is 31.2 Å². The predicted octanol–water partition coefficient (Wildman–Crippen LogP) is 2.75. The van der Waals surface area contributed by atoms with E-state index in [4.69, 9.17) is 0 Å². The quantitative estimate of drug-likeness (QED) is 0.671. The van der Waals surface area contributed by atoms with Gasteiger partial charge in [-0.1, -0.05) is 12.1 Å². The van der Waals surface area contributed by atoms with Gasteiger partial charge in [0.1, 0.15) is 5.82 Å². The standard InChI is InChI=1S/C14H13FN2O2S2/c1-9-6-7-12(21-9)14(19)17-16-13(18)8-20-11-5-3-2-4-10(11)15/h2-7H,8H2,1H3,(H,16,18)(H,17,19). The molecule has 0 spiro atoms. The molecule has 0 aliphatic rings. The van der Waals surface area contributed by atoms with Crippen molar-refractivity contribution in [2.45, 2.75) is 11.8 Å². The minimum atomic E-state index is -0.398. The van der Waals surface area contributed by atoms with Crippen molar-refractivity contribution >= 4 is 34.9 Å². The van der Waals surface area contributed by atoms with Crippen LogP contribution in [0.3, 0.4) is 0 Å². The average Bonchev–Trinajstić information content (AvgIpc) is 2.90. The van der Waals surface area contributed by atoms with Crippen LogP contribution in [0.25, 0.3) is 0 Å². The predicted molar refractivity (Wildman–Crippen MR) is 81.8 cm³/mol. The van der Waals surface area contributed by atoms with E-state index in [2.05, 4.69) is 10.9 Å². The summed E-state index contributed by atoms with van der Waals surface area (Å²) in [5.74, 6) is -1.11. The molecule has 2 amide bonds. The number of benzene rings is 1. The van der Waals surface area contributed by atoms with Gasteiger partial charge in [0.05, 0.1) is 10.6 Å². The molecule has 0 saturated carbocycles. The van der Waals surface area contributed by atoms with Gasteiger partial charge in [0.25, 0.3) is 5.91 Å². The SMILES string of the molecule is Cc1ccc(C(=O)NNC(=O)CSc2ccccc2F)s1. The van der Waals surface area contributed by atoms with Crippen LogP contribution in [-0.2, 0) is 4.79 Å². The van der Waals surface area contributed by atoms with Crippen LogP contribution >= 0.6 is 23.1 Å². The molecule has 0 bridgehead atoms. The third kappa shape index (κ3) is 4.57. The molecule has 2 aromatic rings. The second-order valence-corrected chi connectivity index (χ2v) is 6.44. The number of rotatable bonds is 4. The fraction of sp³-hybridized carbons (Fsp3) is 0.143. The number of thioether (sulfide) groups is 1. The lowest BCUT2D eigenvalue weighted by Crippen LogP contribution is -2.42. The second kappa shape index (κ2) is 7.24. The van der Waals surface area contributed by atoms with E-state index in [1.807, 2.05) is 13.0 Å². The van der Waals surface area contributed by atoms with Crippen molar-refractivity contribution in [1.29, 1.82) is 0 Å². The Labute approximate surface area is 129 Å². The van der Waals surface area contributed by atoms with Gasteiger partial charge < -0.3 is 0 Å². The third-order valence-electron chi connectivity index (χ3n) is 2.48. The molecule has 1 aromatic carbocycles. The number of thiophene rings is 1. The van der Waals surface area contributed by atoms with Crippen molar-refractivity contribution < 1.29 is 14.0 Å². The molecule has 0 radical (unpaired) electrons. The van der Waals surface area contributed by atoms with Crippen LogP contribution in [0, 0.1) is 12.7 Å². The molecule has 1 aromatic heterocycles. The van der Waals surface area contributed by atoms with Crippen molar-refractivity contribution in [1.82, 2.24) is 10.9 Å². The number of nitrogens with one attached hydrogen (secondary N) is 2. The highest BCUT2D eigenvalue weighted by atomic mass is 32.2. The van der Waals surface area contributed by atoms with Crippen LogP contribution in [-0.4, -0.2) is 17.6 Å². The summed E-state index contributed by atoms with van der Waals surface area (Å²) in [6.45, 7) is 1.89. The summed E-state index contributed by atoms with van der Waals surface area (Å²) < 4.78 is 13.4. The van der Waals surface area contributed by atoms with Crippen LogP contribution in [0.2, 0.25) is 0 Å². The van der Waals surface area contributed by atoms with E-state index in [1.54, 1.807) is 24.3 Å². The monoisotopic (exact) mass is 324 g/mol. The van der Waals surface area contributed by atoms with Crippen LogP contribution in [0.15, 0.2) is 41.3 Å². The zero-order chi connectivity index (χ0) is 15.2. The largest absolute Gasteiger partial charge is 0.279 e. The minimum absolute atomic E-state index is 0.0185. The Morgan fingerprint density at radius 1 is 1.19 bits per heavy atom. The fourth-order valence-corrected chi connectivity index (χ4v) is 2.99. The van der Waals surface area contributed by atoms with Gasteiger partial charge in [0, 0.05) is 9.77 Å². The Morgan fingerprint density at radius 3 is 2.62 bits per heavy atom. The molecule has 21 heavy (non-hydrogen) atoms. The molecule has 0 saturated heterocycles.